The van der Waals surface area contributed by atoms with Crippen molar-refractivity contribution in [2.24, 2.45) is 0 Å². The fourth-order valence-corrected chi connectivity index (χ4v) is 2.61. The molecule has 6 heteroatoms. The molecule has 0 saturated carbocycles. The molecule has 0 spiro atoms. The second kappa shape index (κ2) is 7.25. The summed E-state index contributed by atoms with van der Waals surface area (Å²) in [5, 5.41) is 2.88. The van der Waals surface area contributed by atoms with E-state index in [4.69, 9.17) is 13.9 Å². The van der Waals surface area contributed by atoms with Crippen LogP contribution in [0.4, 0.5) is 5.69 Å². The first-order valence-electron chi connectivity index (χ1n) is 7.96. The van der Waals surface area contributed by atoms with Gasteiger partial charge in [0.05, 0.1) is 14.2 Å². The monoisotopic (exact) mass is 340 g/mol. The minimum atomic E-state index is -0.0719. The van der Waals surface area contributed by atoms with Gasteiger partial charge in [0.15, 0.2) is 11.5 Å². The van der Waals surface area contributed by atoms with Crippen LogP contribution >= 0.6 is 0 Å². The molecule has 3 rings (SSSR count). The molecule has 0 aliphatic carbocycles. The zero-order valence-electron chi connectivity index (χ0n) is 14.5. The molecule has 3 aromatic rings. The summed E-state index contributed by atoms with van der Waals surface area (Å²) in [4.78, 5) is 16.5. The molecule has 25 heavy (non-hydrogen) atoms. The second-order valence-corrected chi connectivity index (χ2v) is 5.68. The number of anilines is 1. The molecule has 0 aliphatic heterocycles. The lowest BCUT2D eigenvalue weighted by Crippen LogP contribution is -2.12. The van der Waals surface area contributed by atoms with Crippen molar-refractivity contribution in [1.29, 1.82) is 0 Å². The van der Waals surface area contributed by atoms with Gasteiger partial charge in [-0.25, -0.2) is 4.98 Å². The Morgan fingerprint density at radius 1 is 1.12 bits per heavy atom. The molecule has 0 aliphatic rings. The lowest BCUT2D eigenvalue weighted by Gasteiger charge is -2.09. The summed E-state index contributed by atoms with van der Waals surface area (Å²) in [5.41, 5.74) is 3.11. The number of ether oxygens (including phenoxy) is 2. The molecule has 0 fully saturated rings. The maximum Gasteiger partial charge on any atom is 0.224 e. The Morgan fingerprint density at radius 3 is 2.52 bits per heavy atom. The van der Waals surface area contributed by atoms with Gasteiger partial charge in [-0.05, 0) is 36.2 Å². The maximum absolute atomic E-state index is 12.2. The van der Waals surface area contributed by atoms with Crippen molar-refractivity contribution in [3.8, 4) is 11.5 Å². The van der Waals surface area contributed by atoms with Crippen molar-refractivity contribution in [2.75, 3.05) is 19.5 Å². The predicted octanol–water partition coefficient (Wildman–Crippen LogP) is 3.72. The Balaban J connectivity index is 1.64. The quantitative estimate of drug-likeness (QED) is 0.740. The van der Waals surface area contributed by atoms with Gasteiger partial charge in [0.25, 0.3) is 0 Å². The van der Waals surface area contributed by atoms with E-state index in [0.29, 0.717) is 41.5 Å². The van der Waals surface area contributed by atoms with Crippen LogP contribution in [-0.4, -0.2) is 25.1 Å². The lowest BCUT2D eigenvalue weighted by molar-refractivity contribution is -0.116. The molecular formula is C19H20N2O4. The number of methoxy groups -OCH3 is 2. The number of carbonyl (C=O) groups is 1. The van der Waals surface area contributed by atoms with Crippen LogP contribution in [0, 0.1) is 6.92 Å². The first kappa shape index (κ1) is 16.8. The number of hydrogen-bond acceptors (Lipinski definition) is 5. The number of benzene rings is 2. The molecule has 0 radical (unpaired) electrons. The van der Waals surface area contributed by atoms with Crippen LogP contribution in [0.2, 0.25) is 0 Å². The molecule has 0 unspecified atom stereocenters. The molecule has 1 amide bonds. The number of amides is 1. The van der Waals surface area contributed by atoms with Gasteiger partial charge in [0.2, 0.25) is 5.91 Å². The summed E-state index contributed by atoms with van der Waals surface area (Å²) in [6.45, 7) is 1.79. The third-order valence-electron chi connectivity index (χ3n) is 3.83. The highest BCUT2D eigenvalue weighted by molar-refractivity contribution is 5.92. The van der Waals surface area contributed by atoms with Crippen LogP contribution < -0.4 is 14.8 Å². The highest BCUT2D eigenvalue weighted by Crippen LogP contribution is 2.24. The van der Waals surface area contributed by atoms with E-state index in [1.807, 2.05) is 24.3 Å². The molecule has 0 saturated heterocycles. The van der Waals surface area contributed by atoms with Gasteiger partial charge in [-0.15, -0.1) is 0 Å². The molecule has 2 aromatic carbocycles. The number of oxazole rings is 1. The minimum Gasteiger partial charge on any atom is -0.497 e. The third kappa shape index (κ3) is 4.09. The normalized spacial score (nSPS) is 10.7. The van der Waals surface area contributed by atoms with Crippen LogP contribution in [0.25, 0.3) is 11.1 Å². The average Bonchev–Trinajstić information content (AvgIpc) is 2.98. The Bertz CT molecular complexity index is 879. The predicted molar refractivity (Wildman–Crippen MR) is 95.2 cm³/mol. The Morgan fingerprint density at radius 2 is 1.84 bits per heavy atom. The summed E-state index contributed by atoms with van der Waals surface area (Å²) >= 11 is 0. The van der Waals surface area contributed by atoms with Crippen LogP contribution in [0.15, 0.2) is 40.8 Å². The largest absolute Gasteiger partial charge is 0.497 e. The second-order valence-electron chi connectivity index (χ2n) is 5.68. The summed E-state index contributed by atoms with van der Waals surface area (Å²) in [6, 6.07) is 11.0. The van der Waals surface area contributed by atoms with Crippen LogP contribution in [0.1, 0.15) is 17.9 Å². The zero-order chi connectivity index (χ0) is 17.8. The molecular weight excluding hydrogens is 320 g/mol. The van der Waals surface area contributed by atoms with Crippen LogP contribution in [0.5, 0.6) is 11.5 Å². The molecule has 0 atom stereocenters. The van der Waals surface area contributed by atoms with Gasteiger partial charge >= 0.3 is 0 Å². The van der Waals surface area contributed by atoms with Crippen LogP contribution in [0.3, 0.4) is 0 Å². The van der Waals surface area contributed by atoms with E-state index in [1.54, 1.807) is 33.3 Å². The topological polar surface area (TPSA) is 73.6 Å². The summed E-state index contributed by atoms with van der Waals surface area (Å²) in [6.07, 6.45) is 0.937. The van der Waals surface area contributed by atoms with E-state index in [1.165, 1.54) is 0 Å². The Hall–Kier alpha value is -3.02. The SMILES string of the molecule is COc1cc(CCC(=O)Nc2ccc3nc(C)oc3c2)cc(OC)c1. The first-order chi connectivity index (χ1) is 12.1. The molecule has 1 N–H and O–H groups in total. The summed E-state index contributed by atoms with van der Waals surface area (Å²) in [5.74, 6) is 1.95. The highest BCUT2D eigenvalue weighted by atomic mass is 16.5. The maximum atomic E-state index is 12.2. The van der Waals surface area contributed by atoms with Crippen molar-refractivity contribution in [2.45, 2.75) is 19.8 Å². The molecule has 1 aromatic heterocycles. The standard InChI is InChI=1S/C19H20N2O4/c1-12-20-17-6-5-14(10-18(17)25-12)21-19(22)7-4-13-8-15(23-2)11-16(9-13)24-3/h5-6,8-11H,4,7H2,1-3H3,(H,21,22). The Labute approximate surface area is 145 Å². The van der Waals surface area contributed by atoms with Crippen molar-refractivity contribution >= 4 is 22.7 Å². The number of nitrogens with zero attached hydrogens (tertiary/aromatic N) is 1. The first-order valence-corrected chi connectivity index (χ1v) is 7.96. The van der Waals surface area contributed by atoms with E-state index in [9.17, 15) is 4.79 Å². The van der Waals surface area contributed by atoms with Crippen molar-refractivity contribution in [1.82, 2.24) is 4.98 Å². The van der Waals surface area contributed by atoms with E-state index in [-0.39, 0.29) is 5.91 Å². The van der Waals surface area contributed by atoms with Gasteiger partial charge in [-0.3, -0.25) is 4.79 Å². The average molecular weight is 340 g/mol. The summed E-state index contributed by atoms with van der Waals surface area (Å²) in [7, 11) is 3.21. The van der Waals surface area contributed by atoms with Crippen molar-refractivity contribution in [3.63, 3.8) is 0 Å². The number of fused-ring (bicyclic) bond motifs is 1. The van der Waals surface area contributed by atoms with Crippen molar-refractivity contribution < 1.29 is 18.7 Å². The van der Waals surface area contributed by atoms with E-state index in [0.717, 1.165) is 11.1 Å². The van der Waals surface area contributed by atoms with Gasteiger partial charge in [-0.1, -0.05) is 0 Å². The van der Waals surface area contributed by atoms with E-state index < -0.39 is 0 Å². The number of aryl methyl sites for hydroxylation is 2. The Kier molecular flexibility index (Phi) is 4.88. The smallest absolute Gasteiger partial charge is 0.224 e. The number of aromatic nitrogens is 1. The summed E-state index contributed by atoms with van der Waals surface area (Å²) < 4.78 is 16.0. The number of carbonyl (C=O) groups excluding carboxylic acids is 1. The van der Waals surface area contributed by atoms with Crippen LogP contribution in [-0.2, 0) is 11.2 Å². The third-order valence-corrected chi connectivity index (χ3v) is 3.83. The fourth-order valence-electron chi connectivity index (χ4n) is 2.61. The zero-order valence-corrected chi connectivity index (χ0v) is 14.5. The van der Waals surface area contributed by atoms with E-state index >= 15 is 0 Å². The van der Waals surface area contributed by atoms with Gasteiger partial charge in [0.1, 0.15) is 17.0 Å². The highest BCUT2D eigenvalue weighted by Gasteiger charge is 2.08. The number of nitrogens with one attached hydrogen (secondary N) is 1. The fraction of sp³-hybridized carbons (Fsp3) is 0.263. The van der Waals surface area contributed by atoms with E-state index in [2.05, 4.69) is 10.3 Å². The van der Waals surface area contributed by atoms with Gasteiger partial charge < -0.3 is 19.2 Å². The van der Waals surface area contributed by atoms with Gasteiger partial charge in [-0.2, -0.15) is 0 Å². The molecule has 130 valence electrons. The molecule has 0 bridgehead atoms. The van der Waals surface area contributed by atoms with Gasteiger partial charge in [0, 0.05) is 31.2 Å². The minimum absolute atomic E-state index is 0.0719. The number of hydrogen-bond donors (Lipinski definition) is 1. The lowest BCUT2D eigenvalue weighted by atomic mass is 10.1. The van der Waals surface area contributed by atoms with Crippen molar-refractivity contribution in [3.05, 3.63) is 47.9 Å². The molecule has 6 nitrogen and oxygen atoms in total. The number of rotatable bonds is 6. The molecule has 1 heterocycles.